The maximum atomic E-state index is 12.2. The van der Waals surface area contributed by atoms with Crippen LogP contribution in [-0.2, 0) is 11.2 Å². The molecule has 1 amide bonds. The first-order chi connectivity index (χ1) is 8.68. The van der Waals surface area contributed by atoms with Gasteiger partial charge in [0, 0.05) is 6.54 Å². The number of amides is 1. The van der Waals surface area contributed by atoms with Crippen molar-refractivity contribution in [3.8, 4) is 0 Å². The molecule has 1 aromatic rings. The van der Waals surface area contributed by atoms with E-state index in [4.69, 9.17) is 0 Å². The largest absolute Gasteiger partial charge is 0.356 e. The van der Waals surface area contributed by atoms with Crippen molar-refractivity contribution in [2.75, 3.05) is 6.54 Å². The van der Waals surface area contributed by atoms with Crippen molar-refractivity contribution < 1.29 is 4.79 Å². The molecule has 1 aromatic carbocycles. The van der Waals surface area contributed by atoms with Crippen LogP contribution in [0.2, 0.25) is 0 Å². The van der Waals surface area contributed by atoms with E-state index in [1.54, 1.807) is 0 Å². The van der Waals surface area contributed by atoms with Crippen LogP contribution >= 0.6 is 0 Å². The fourth-order valence-corrected chi connectivity index (χ4v) is 2.63. The lowest BCUT2D eigenvalue weighted by Crippen LogP contribution is -2.32. The fraction of sp³-hybridized carbons (Fsp3) is 0.562. The molecule has 1 aliphatic carbocycles. The number of hydrogen-bond acceptors (Lipinski definition) is 1. The Bertz CT molecular complexity index is 411. The average molecular weight is 245 g/mol. The lowest BCUT2D eigenvalue weighted by Gasteiger charge is -2.24. The number of carbonyl (C=O) groups is 1. The molecule has 0 radical (unpaired) electrons. The number of aryl methyl sites for hydroxylation is 1. The van der Waals surface area contributed by atoms with Gasteiger partial charge < -0.3 is 5.32 Å². The molecule has 2 nitrogen and oxygen atoms in total. The third-order valence-corrected chi connectivity index (χ3v) is 3.71. The molecule has 1 atom stereocenters. The Morgan fingerprint density at radius 2 is 2.17 bits per heavy atom. The lowest BCUT2D eigenvalue weighted by atomic mass is 9.82. The third-order valence-electron chi connectivity index (χ3n) is 3.71. The van der Waals surface area contributed by atoms with Crippen molar-refractivity contribution in [3.05, 3.63) is 35.4 Å². The number of carbonyl (C=O) groups excluding carboxylic acids is 1. The molecule has 0 aliphatic heterocycles. The van der Waals surface area contributed by atoms with E-state index in [2.05, 4.69) is 37.4 Å². The molecule has 2 rings (SSSR count). The maximum Gasteiger partial charge on any atom is 0.227 e. The van der Waals surface area contributed by atoms with Gasteiger partial charge in [0.15, 0.2) is 0 Å². The second-order valence-electron chi connectivity index (χ2n) is 5.62. The Morgan fingerprint density at radius 3 is 2.94 bits per heavy atom. The highest BCUT2D eigenvalue weighted by atomic mass is 16.1. The fourth-order valence-electron chi connectivity index (χ4n) is 2.63. The number of benzene rings is 1. The Hall–Kier alpha value is -1.31. The summed E-state index contributed by atoms with van der Waals surface area (Å²) in [6.07, 6.45) is 4.29. The predicted molar refractivity (Wildman–Crippen MR) is 74.6 cm³/mol. The van der Waals surface area contributed by atoms with Crippen LogP contribution in [-0.4, -0.2) is 12.5 Å². The van der Waals surface area contributed by atoms with Crippen LogP contribution in [0.5, 0.6) is 0 Å². The third kappa shape index (κ3) is 3.12. The molecule has 0 heterocycles. The molecule has 0 bridgehead atoms. The standard InChI is InChI=1S/C16H23NO/c1-12(2)10-11-17-16(18)15-9-5-7-13-6-3-4-8-14(13)15/h3-4,6,8,12,15H,5,7,9-11H2,1-2H3,(H,17,18). The van der Waals surface area contributed by atoms with Gasteiger partial charge in [-0.3, -0.25) is 4.79 Å². The van der Waals surface area contributed by atoms with Crippen molar-refractivity contribution in [2.45, 2.75) is 45.4 Å². The van der Waals surface area contributed by atoms with E-state index in [-0.39, 0.29) is 11.8 Å². The maximum absolute atomic E-state index is 12.2. The van der Waals surface area contributed by atoms with E-state index in [1.165, 1.54) is 11.1 Å². The van der Waals surface area contributed by atoms with E-state index in [9.17, 15) is 4.79 Å². The summed E-state index contributed by atoms with van der Waals surface area (Å²) in [5.41, 5.74) is 2.60. The first-order valence-electron chi connectivity index (χ1n) is 7.04. The van der Waals surface area contributed by atoms with Crippen LogP contribution in [0.3, 0.4) is 0 Å². The van der Waals surface area contributed by atoms with Crippen LogP contribution in [0.1, 0.15) is 50.2 Å². The van der Waals surface area contributed by atoms with Crippen molar-refractivity contribution >= 4 is 5.91 Å². The summed E-state index contributed by atoms with van der Waals surface area (Å²) in [6, 6.07) is 8.38. The molecule has 1 unspecified atom stereocenters. The second-order valence-corrected chi connectivity index (χ2v) is 5.62. The topological polar surface area (TPSA) is 29.1 Å². The highest BCUT2D eigenvalue weighted by Crippen LogP contribution is 2.31. The number of hydrogen-bond donors (Lipinski definition) is 1. The zero-order valence-electron chi connectivity index (χ0n) is 11.4. The molecule has 1 N–H and O–H groups in total. The summed E-state index contributed by atoms with van der Waals surface area (Å²) < 4.78 is 0. The van der Waals surface area contributed by atoms with Gasteiger partial charge in [-0.2, -0.15) is 0 Å². The summed E-state index contributed by atoms with van der Waals surface area (Å²) in [5.74, 6) is 0.925. The van der Waals surface area contributed by atoms with Gasteiger partial charge in [0.25, 0.3) is 0 Å². The van der Waals surface area contributed by atoms with Crippen molar-refractivity contribution in [3.63, 3.8) is 0 Å². The molecular formula is C16H23NO. The highest BCUT2D eigenvalue weighted by Gasteiger charge is 2.25. The van der Waals surface area contributed by atoms with E-state index in [0.717, 1.165) is 32.2 Å². The highest BCUT2D eigenvalue weighted by molar-refractivity contribution is 5.84. The summed E-state index contributed by atoms with van der Waals surface area (Å²) in [6.45, 7) is 5.17. The zero-order valence-corrected chi connectivity index (χ0v) is 11.4. The Morgan fingerprint density at radius 1 is 1.39 bits per heavy atom. The van der Waals surface area contributed by atoms with Crippen LogP contribution in [0, 0.1) is 5.92 Å². The first kappa shape index (κ1) is 13.1. The van der Waals surface area contributed by atoms with Gasteiger partial charge in [-0.05, 0) is 42.7 Å². The SMILES string of the molecule is CC(C)CCNC(=O)C1CCCc2ccccc21. The van der Waals surface area contributed by atoms with Crippen LogP contribution < -0.4 is 5.32 Å². The van der Waals surface area contributed by atoms with Gasteiger partial charge in [0.1, 0.15) is 0 Å². The van der Waals surface area contributed by atoms with Gasteiger partial charge in [-0.15, -0.1) is 0 Å². The molecule has 18 heavy (non-hydrogen) atoms. The van der Waals surface area contributed by atoms with E-state index in [0.29, 0.717) is 5.92 Å². The van der Waals surface area contributed by atoms with Crippen LogP contribution in [0.25, 0.3) is 0 Å². The molecule has 0 saturated carbocycles. The molecule has 98 valence electrons. The summed E-state index contributed by atoms with van der Waals surface area (Å²) in [4.78, 5) is 12.2. The molecule has 2 heteroatoms. The summed E-state index contributed by atoms with van der Waals surface area (Å²) in [5, 5.41) is 3.09. The summed E-state index contributed by atoms with van der Waals surface area (Å²) >= 11 is 0. The number of nitrogens with one attached hydrogen (secondary N) is 1. The number of fused-ring (bicyclic) bond motifs is 1. The minimum absolute atomic E-state index is 0.0714. The quantitative estimate of drug-likeness (QED) is 0.866. The monoisotopic (exact) mass is 245 g/mol. The van der Waals surface area contributed by atoms with Gasteiger partial charge >= 0.3 is 0 Å². The Labute approximate surface area is 110 Å². The van der Waals surface area contributed by atoms with E-state index >= 15 is 0 Å². The van der Waals surface area contributed by atoms with E-state index in [1.807, 2.05) is 6.07 Å². The summed E-state index contributed by atoms with van der Waals surface area (Å²) in [7, 11) is 0. The lowest BCUT2D eigenvalue weighted by molar-refractivity contribution is -0.122. The van der Waals surface area contributed by atoms with Crippen molar-refractivity contribution in [1.82, 2.24) is 5.32 Å². The van der Waals surface area contributed by atoms with E-state index < -0.39 is 0 Å². The van der Waals surface area contributed by atoms with Gasteiger partial charge in [-0.25, -0.2) is 0 Å². The average Bonchev–Trinajstić information content (AvgIpc) is 2.37. The second kappa shape index (κ2) is 6.03. The van der Waals surface area contributed by atoms with Crippen molar-refractivity contribution in [2.24, 2.45) is 5.92 Å². The molecular weight excluding hydrogens is 222 g/mol. The molecule has 1 aliphatic rings. The smallest absolute Gasteiger partial charge is 0.227 e. The van der Waals surface area contributed by atoms with Crippen LogP contribution in [0.4, 0.5) is 0 Å². The molecule has 0 spiro atoms. The van der Waals surface area contributed by atoms with Crippen LogP contribution in [0.15, 0.2) is 24.3 Å². The van der Waals surface area contributed by atoms with Crippen molar-refractivity contribution in [1.29, 1.82) is 0 Å². The molecule has 0 fully saturated rings. The minimum atomic E-state index is 0.0714. The normalized spacial score (nSPS) is 18.5. The Balaban J connectivity index is 1.99. The zero-order chi connectivity index (χ0) is 13.0. The molecule has 0 saturated heterocycles. The first-order valence-corrected chi connectivity index (χ1v) is 7.04. The van der Waals surface area contributed by atoms with Gasteiger partial charge in [0.05, 0.1) is 5.92 Å². The van der Waals surface area contributed by atoms with Gasteiger partial charge in [0.2, 0.25) is 5.91 Å². The number of rotatable bonds is 4. The molecule has 0 aromatic heterocycles. The predicted octanol–water partition coefficient (Wildman–Crippen LogP) is 3.27. The Kier molecular flexibility index (Phi) is 4.40. The van der Waals surface area contributed by atoms with Gasteiger partial charge in [-0.1, -0.05) is 38.1 Å². The minimum Gasteiger partial charge on any atom is -0.356 e.